The van der Waals surface area contributed by atoms with Crippen molar-refractivity contribution in [2.24, 2.45) is 5.92 Å². The van der Waals surface area contributed by atoms with E-state index in [1.165, 1.54) is 0 Å². The number of aliphatic hydroxyl groups is 1. The first-order valence-corrected chi connectivity index (χ1v) is 11.1. The molecule has 0 aromatic heterocycles. The van der Waals surface area contributed by atoms with Crippen LogP contribution in [0.2, 0.25) is 0 Å². The van der Waals surface area contributed by atoms with E-state index in [9.17, 15) is 24.6 Å². The van der Waals surface area contributed by atoms with Gasteiger partial charge in [-0.3, -0.25) is 4.79 Å². The molecule has 3 N–H and O–H groups in total. The third-order valence-corrected chi connectivity index (χ3v) is 6.40. The molecule has 0 radical (unpaired) electrons. The molecular formula is C25H28N2O6. The van der Waals surface area contributed by atoms with E-state index in [1.807, 2.05) is 48.5 Å². The van der Waals surface area contributed by atoms with Crippen molar-refractivity contribution < 1.29 is 29.3 Å². The van der Waals surface area contributed by atoms with Gasteiger partial charge in [0.25, 0.3) is 0 Å². The number of aliphatic carboxylic acids is 1. The topological polar surface area (TPSA) is 116 Å². The molecule has 2 amide bonds. The zero-order chi connectivity index (χ0) is 23.7. The summed E-state index contributed by atoms with van der Waals surface area (Å²) in [5.41, 5.74) is 4.39. The molecule has 1 heterocycles. The highest BCUT2D eigenvalue weighted by atomic mass is 16.5. The van der Waals surface area contributed by atoms with E-state index in [4.69, 9.17) is 4.74 Å². The number of β-amino-alcohol motifs (C(OH)–C–C–N with tert-alkyl or cyclic N) is 1. The Kier molecular flexibility index (Phi) is 6.37. The third-order valence-electron chi connectivity index (χ3n) is 6.40. The number of aliphatic hydroxyl groups excluding tert-OH is 1. The number of benzene rings is 2. The van der Waals surface area contributed by atoms with Crippen LogP contribution in [0.15, 0.2) is 48.5 Å². The number of hydrogen-bond donors (Lipinski definition) is 3. The van der Waals surface area contributed by atoms with E-state index in [-0.39, 0.29) is 31.4 Å². The van der Waals surface area contributed by atoms with Gasteiger partial charge in [0.15, 0.2) is 0 Å². The molecule has 33 heavy (non-hydrogen) atoms. The predicted molar refractivity (Wildman–Crippen MR) is 121 cm³/mol. The fourth-order valence-corrected chi connectivity index (χ4v) is 4.75. The number of carbonyl (C=O) groups excluding carboxylic acids is 2. The lowest BCUT2D eigenvalue weighted by molar-refractivity contribution is -0.149. The first kappa shape index (κ1) is 22.8. The number of carboxylic acid groups (broad SMARTS) is 1. The Balaban J connectivity index is 1.44. The van der Waals surface area contributed by atoms with E-state index in [0.29, 0.717) is 0 Å². The average molecular weight is 453 g/mol. The second-order valence-corrected chi connectivity index (χ2v) is 8.93. The molecule has 0 bridgehead atoms. The minimum absolute atomic E-state index is 0.0309. The molecular weight excluding hydrogens is 424 g/mol. The number of hydrogen-bond acceptors (Lipinski definition) is 5. The molecule has 1 aliphatic carbocycles. The van der Waals surface area contributed by atoms with Crippen molar-refractivity contribution in [2.45, 2.75) is 44.4 Å². The van der Waals surface area contributed by atoms with Crippen LogP contribution in [0.3, 0.4) is 0 Å². The van der Waals surface area contributed by atoms with Crippen LogP contribution in [-0.4, -0.2) is 64.4 Å². The van der Waals surface area contributed by atoms with Crippen LogP contribution in [0.1, 0.15) is 37.3 Å². The molecule has 0 spiro atoms. The van der Waals surface area contributed by atoms with Gasteiger partial charge in [-0.2, -0.15) is 0 Å². The Morgan fingerprint density at radius 1 is 1.06 bits per heavy atom. The van der Waals surface area contributed by atoms with Gasteiger partial charge in [0.2, 0.25) is 5.91 Å². The van der Waals surface area contributed by atoms with Crippen LogP contribution < -0.4 is 5.32 Å². The molecule has 2 aromatic carbocycles. The van der Waals surface area contributed by atoms with Crippen molar-refractivity contribution in [3.05, 3.63) is 59.7 Å². The summed E-state index contributed by atoms with van der Waals surface area (Å²) < 4.78 is 5.54. The maximum Gasteiger partial charge on any atom is 0.407 e. The molecule has 4 rings (SSSR count). The summed E-state index contributed by atoms with van der Waals surface area (Å²) in [6, 6.07) is 13.9. The number of alkyl carbamates (subject to hydrolysis) is 1. The number of nitrogens with zero attached hydrogens (tertiary/aromatic N) is 1. The van der Waals surface area contributed by atoms with Crippen LogP contribution in [0, 0.1) is 5.92 Å². The summed E-state index contributed by atoms with van der Waals surface area (Å²) in [4.78, 5) is 38.4. The third kappa shape index (κ3) is 4.43. The Labute approximate surface area is 192 Å². The number of carbonyl (C=O) groups is 3. The van der Waals surface area contributed by atoms with Crippen molar-refractivity contribution >= 4 is 18.0 Å². The summed E-state index contributed by atoms with van der Waals surface area (Å²) in [5, 5.41) is 21.9. The monoisotopic (exact) mass is 452 g/mol. The van der Waals surface area contributed by atoms with Gasteiger partial charge in [-0.05, 0) is 28.2 Å². The minimum atomic E-state index is -1.18. The van der Waals surface area contributed by atoms with Gasteiger partial charge in [0.1, 0.15) is 18.7 Å². The van der Waals surface area contributed by atoms with Gasteiger partial charge >= 0.3 is 12.1 Å². The second-order valence-electron chi connectivity index (χ2n) is 8.93. The fourth-order valence-electron chi connectivity index (χ4n) is 4.75. The van der Waals surface area contributed by atoms with E-state index in [2.05, 4.69) is 5.32 Å². The van der Waals surface area contributed by atoms with E-state index in [1.54, 1.807) is 13.8 Å². The maximum atomic E-state index is 13.1. The van der Waals surface area contributed by atoms with Gasteiger partial charge in [-0.25, -0.2) is 9.59 Å². The lowest BCUT2D eigenvalue weighted by atomic mass is 9.98. The summed E-state index contributed by atoms with van der Waals surface area (Å²) >= 11 is 0. The number of fused-ring (bicyclic) bond motifs is 3. The standard InChI is InChI=1S/C25H28N2O6/c1-14(2)22(23(29)27-12-15(28)11-21(27)24(30)31)26-25(32)33-13-20-18-9-5-3-7-16(18)17-8-4-6-10-19(17)20/h3-10,14-15,20-22,28H,11-13H2,1-2H3,(H,26,32)(H,30,31)/t15-,21-,22-/m0/s1. The summed E-state index contributed by atoms with van der Waals surface area (Å²) in [6.07, 6.45) is -1.68. The summed E-state index contributed by atoms with van der Waals surface area (Å²) in [5.74, 6) is -2.13. The molecule has 0 saturated carbocycles. The van der Waals surface area contributed by atoms with Gasteiger partial charge in [-0.1, -0.05) is 62.4 Å². The van der Waals surface area contributed by atoms with Gasteiger partial charge in [-0.15, -0.1) is 0 Å². The first-order valence-electron chi connectivity index (χ1n) is 11.1. The molecule has 0 unspecified atom stereocenters. The molecule has 174 valence electrons. The van der Waals surface area contributed by atoms with Gasteiger partial charge in [0.05, 0.1) is 6.10 Å². The Morgan fingerprint density at radius 3 is 2.18 bits per heavy atom. The Hall–Kier alpha value is -3.39. The SMILES string of the molecule is CC(C)[C@H](NC(=O)OCC1c2ccccc2-c2ccccc21)C(=O)N1C[C@@H](O)C[C@H]1C(=O)O. The van der Waals surface area contributed by atoms with Crippen molar-refractivity contribution in [2.75, 3.05) is 13.2 Å². The molecule has 8 nitrogen and oxygen atoms in total. The maximum absolute atomic E-state index is 13.1. The number of amides is 2. The van der Waals surface area contributed by atoms with Crippen molar-refractivity contribution in [1.29, 1.82) is 0 Å². The number of ether oxygens (including phenoxy) is 1. The van der Waals surface area contributed by atoms with E-state index >= 15 is 0 Å². The van der Waals surface area contributed by atoms with Crippen LogP contribution in [0.4, 0.5) is 4.79 Å². The quantitative estimate of drug-likeness (QED) is 0.620. The smallest absolute Gasteiger partial charge is 0.407 e. The average Bonchev–Trinajstić information content (AvgIpc) is 3.34. The largest absolute Gasteiger partial charge is 0.480 e. The number of carboxylic acids is 1. The second kappa shape index (κ2) is 9.23. The number of rotatable bonds is 6. The number of nitrogens with one attached hydrogen (secondary N) is 1. The van der Waals surface area contributed by atoms with Crippen LogP contribution in [0.25, 0.3) is 11.1 Å². The Morgan fingerprint density at radius 2 is 1.64 bits per heavy atom. The van der Waals surface area contributed by atoms with Crippen LogP contribution in [0.5, 0.6) is 0 Å². The van der Waals surface area contributed by atoms with Crippen molar-refractivity contribution in [3.8, 4) is 11.1 Å². The van der Waals surface area contributed by atoms with Gasteiger partial charge < -0.3 is 25.2 Å². The van der Waals surface area contributed by atoms with E-state index in [0.717, 1.165) is 27.2 Å². The van der Waals surface area contributed by atoms with E-state index < -0.39 is 36.2 Å². The minimum Gasteiger partial charge on any atom is -0.480 e. The normalized spacial score (nSPS) is 20.3. The Bertz CT molecular complexity index is 1020. The van der Waals surface area contributed by atoms with Crippen LogP contribution in [-0.2, 0) is 14.3 Å². The highest BCUT2D eigenvalue weighted by molar-refractivity contribution is 5.90. The molecule has 1 saturated heterocycles. The highest BCUT2D eigenvalue weighted by Crippen LogP contribution is 2.44. The number of likely N-dealkylation sites (tertiary alicyclic amines) is 1. The van der Waals surface area contributed by atoms with Gasteiger partial charge in [0, 0.05) is 18.9 Å². The predicted octanol–water partition coefficient (Wildman–Crippen LogP) is 2.60. The van der Waals surface area contributed by atoms with Crippen molar-refractivity contribution in [1.82, 2.24) is 10.2 Å². The highest BCUT2D eigenvalue weighted by Gasteiger charge is 2.42. The lowest BCUT2D eigenvalue weighted by Crippen LogP contribution is -2.54. The molecule has 2 aliphatic rings. The molecule has 3 atom stereocenters. The summed E-state index contributed by atoms with van der Waals surface area (Å²) in [6.45, 7) is 3.55. The molecule has 2 aromatic rings. The summed E-state index contributed by atoms with van der Waals surface area (Å²) in [7, 11) is 0. The first-order chi connectivity index (χ1) is 15.8. The molecule has 8 heteroatoms. The lowest BCUT2D eigenvalue weighted by Gasteiger charge is -2.29. The zero-order valence-corrected chi connectivity index (χ0v) is 18.6. The fraction of sp³-hybridized carbons (Fsp3) is 0.400. The molecule has 1 aliphatic heterocycles. The zero-order valence-electron chi connectivity index (χ0n) is 18.6. The molecule has 1 fully saturated rings. The van der Waals surface area contributed by atoms with Crippen molar-refractivity contribution in [3.63, 3.8) is 0 Å². The van der Waals surface area contributed by atoms with Crippen LogP contribution >= 0.6 is 0 Å².